The summed E-state index contributed by atoms with van der Waals surface area (Å²) in [7, 11) is 0. The Morgan fingerprint density at radius 2 is 2.45 bits per heavy atom. The maximum Gasteiger partial charge on any atom is 0.327 e. The molecule has 1 aliphatic rings. The Morgan fingerprint density at radius 3 is 2.91 bits per heavy atom. The summed E-state index contributed by atoms with van der Waals surface area (Å²) in [4.78, 5) is 20.2. The number of ether oxygens (including phenoxy) is 1. The zero-order valence-electron chi connectivity index (χ0n) is 5.82. The van der Waals surface area contributed by atoms with Gasteiger partial charge in [0, 0.05) is 12.5 Å². The van der Waals surface area contributed by atoms with E-state index in [0.29, 0.717) is 12.8 Å². The number of esters is 1. The van der Waals surface area contributed by atoms with Gasteiger partial charge in [-0.3, -0.25) is 4.79 Å². The van der Waals surface area contributed by atoms with E-state index in [4.69, 9.17) is 5.11 Å². The van der Waals surface area contributed by atoms with Gasteiger partial charge in [0.05, 0.1) is 6.42 Å². The molecule has 1 unspecified atom stereocenters. The van der Waals surface area contributed by atoms with Crippen molar-refractivity contribution in [1.29, 1.82) is 0 Å². The Balaban J connectivity index is 2.13. The zero-order chi connectivity index (χ0) is 8.27. The Bertz CT molecular complexity index is 198. The number of carbonyl (C=O) groups is 2. The monoisotopic (exact) mass is 156 g/mol. The molecule has 4 nitrogen and oxygen atoms in total. The van der Waals surface area contributed by atoms with Crippen LogP contribution in [0.15, 0.2) is 12.2 Å². The summed E-state index contributed by atoms with van der Waals surface area (Å²) in [5, 5.41) is 8.17. The first-order chi connectivity index (χ1) is 5.18. The van der Waals surface area contributed by atoms with Crippen LogP contribution in [0.1, 0.15) is 12.8 Å². The summed E-state index contributed by atoms with van der Waals surface area (Å²) in [5.74, 6) is -1.19. The highest BCUT2D eigenvalue weighted by atomic mass is 16.6. The van der Waals surface area contributed by atoms with Gasteiger partial charge in [-0.25, -0.2) is 4.79 Å². The highest BCUT2D eigenvalue weighted by Gasteiger charge is 2.26. The Morgan fingerprint density at radius 1 is 1.82 bits per heavy atom. The quantitative estimate of drug-likeness (QED) is 0.472. The molecule has 0 spiro atoms. The van der Waals surface area contributed by atoms with E-state index < -0.39 is 5.97 Å². The minimum atomic E-state index is -0.976. The minimum Gasteiger partial charge on any atom is -0.478 e. The molecule has 1 aliphatic heterocycles. The lowest BCUT2D eigenvalue weighted by Gasteiger charge is -2.23. The van der Waals surface area contributed by atoms with Crippen LogP contribution in [-0.2, 0) is 14.3 Å². The Kier molecular flexibility index (Phi) is 2.25. The first kappa shape index (κ1) is 7.78. The predicted octanol–water partition coefficient (Wildman–Crippen LogP) is 0.333. The van der Waals surface area contributed by atoms with E-state index in [1.165, 1.54) is 6.08 Å². The fourth-order valence-electron chi connectivity index (χ4n) is 0.814. The molecule has 0 aromatic carbocycles. The standard InChI is InChI=1S/C7H8O4/c8-6(9)3-1-2-5-4-7(10)11-5/h1,3,5H,2,4H2,(H,8,9). The van der Waals surface area contributed by atoms with Gasteiger partial charge >= 0.3 is 11.9 Å². The molecule has 60 valence electrons. The predicted molar refractivity (Wildman–Crippen MR) is 35.9 cm³/mol. The second-order valence-electron chi connectivity index (χ2n) is 2.29. The van der Waals surface area contributed by atoms with E-state index in [-0.39, 0.29) is 12.1 Å². The van der Waals surface area contributed by atoms with Crippen LogP contribution in [0.4, 0.5) is 0 Å². The zero-order valence-corrected chi connectivity index (χ0v) is 5.82. The van der Waals surface area contributed by atoms with Gasteiger partial charge in [-0.2, -0.15) is 0 Å². The van der Waals surface area contributed by atoms with Crippen molar-refractivity contribution >= 4 is 11.9 Å². The molecule has 0 radical (unpaired) electrons. The molecular weight excluding hydrogens is 148 g/mol. The van der Waals surface area contributed by atoms with Crippen LogP contribution in [0, 0.1) is 0 Å². The first-order valence-corrected chi connectivity index (χ1v) is 3.27. The highest BCUT2D eigenvalue weighted by Crippen LogP contribution is 2.16. The third-order valence-electron chi connectivity index (χ3n) is 1.35. The number of hydrogen-bond acceptors (Lipinski definition) is 3. The van der Waals surface area contributed by atoms with Gasteiger partial charge in [0.15, 0.2) is 0 Å². The Labute approximate surface area is 63.5 Å². The molecule has 0 aliphatic carbocycles. The fourth-order valence-corrected chi connectivity index (χ4v) is 0.814. The Hall–Kier alpha value is -1.32. The molecule has 11 heavy (non-hydrogen) atoms. The van der Waals surface area contributed by atoms with Crippen LogP contribution in [-0.4, -0.2) is 23.1 Å². The number of carboxylic acid groups (broad SMARTS) is 1. The molecule has 1 fully saturated rings. The summed E-state index contributed by atoms with van der Waals surface area (Å²) >= 11 is 0. The average molecular weight is 156 g/mol. The molecule has 1 atom stereocenters. The maximum atomic E-state index is 10.2. The van der Waals surface area contributed by atoms with Crippen LogP contribution < -0.4 is 0 Å². The minimum absolute atomic E-state index is 0.0990. The van der Waals surface area contributed by atoms with Crippen molar-refractivity contribution in [2.24, 2.45) is 0 Å². The van der Waals surface area contributed by atoms with E-state index >= 15 is 0 Å². The second kappa shape index (κ2) is 3.18. The fraction of sp³-hybridized carbons (Fsp3) is 0.429. The molecule has 1 N–H and O–H groups in total. The smallest absolute Gasteiger partial charge is 0.327 e. The largest absolute Gasteiger partial charge is 0.478 e. The van der Waals surface area contributed by atoms with Crippen molar-refractivity contribution in [2.75, 3.05) is 0 Å². The molecule has 0 aromatic rings. The molecule has 0 aromatic heterocycles. The third-order valence-corrected chi connectivity index (χ3v) is 1.35. The van der Waals surface area contributed by atoms with Crippen LogP contribution in [0.5, 0.6) is 0 Å². The van der Waals surface area contributed by atoms with Crippen molar-refractivity contribution in [3.63, 3.8) is 0 Å². The number of rotatable bonds is 3. The molecular formula is C7H8O4. The van der Waals surface area contributed by atoms with Gasteiger partial charge in [0.1, 0.15) is 6.10 Å². The van der Waals surface area contributed by atoms with E-state index in [1.54, 1.807) is 0 Å². The highest BCUT2D eigenvalue weighted by molar-refractivity contribution is 5.79. The number of cyclic esters (lactones) is 1. The summed E-state index contributed by atoms with van der Waals surface area (Å²) < 4.78 is 4.64. The molecule has 4 heteroatoms. The molecule has 1 rings (SSSR count). The van der Waals surface area contributed by atoms with Gasteiger partial charge in [0.2, 0.25) is 0 Å². The molecule has 1 saturated heterocycles. The summed E-state index contributed by atoms with van der Waals surface area (Å²) in [6.07, 6.45) is 3.34. The SMILES string of the molecule is O=C(O)C=CCC1CC(=O)O1. The third kappa shape index (κ3) is 2.41. The number of carboxylic acids is 1. The van der Waals surface area contributed by atoms with E-state index in [0.717, 1.165) is 6.08 Å². The summed E-state index contributed by atoms with van der Waals surface area (Å²) in [6.45, 7) is 0. The number of carbonyl (C=O) groups excluding carboxylic acids is 1. The van der Waals surface area contributed by atoms with Crippen molar-refractivity contribution in [3.05, 3.63) is 12.2 Å². The first-order valence-electron chi connectivity index (χ1n) is 3.27. The van der Waals surface area contributed by atoms with Gasteiger partial charge in [0.25, 0.3) is 0 Å². The van der Waals surface area contributed by atoms with Gasteiger partial charge in [-0.05, 0) is 0 Å². The second-order valence-corrected chi connectivity index (χ2v) is 2.29. The van der Waals surface area contributed by atoms with Gasteiger partial charge in [-0.1, -0.05) is 6.08 Å². The lowest BCUT2D eigenvalue weighted by molar-refractivity contribution is -0.168. The topological polar surface area (TPSA) is 63.6 Å². The lowest BCUT2D eigenvalue weighted by atomic mass is 10.1. The molecule has 0 bridgehead atoms. The number of aliphatic carboxylic acids is 1. The molecule has 0 amide bonds. The van der Waals surface area contributed by atoms with Gasteiger partial charge < -0.3 is 9.84 Å². The van der Waals surface area contributed by atoms with Crippen LogP contribution in [0.2, 0.25) is 0 Å². The molecule has 1 heterocycles. The van der Waals surface area contributed by atoms with Crippen molar-refractivity contribution in [3.8, 4) is 0 Å². The molecule has 0 saturated carbocycles. The number of hydrogen-bond donors (Lipinski definition) is 1. The van der Waals surface area contributed by atoms with Crippen LogP contribution >= 0.6 is 0 Å². The maximum absolute atomic E-state index is 10.2. The van der Waals surface area contributed by atoms with Crippen molar-refractivity contribution < 1.29 is 19.4 Å². The normalized spacial score (nSPS) is 22.9. The lowest BCUT2D eigenvalue weighted by Crippen LogP contribution is -2.31. The van der Waals surface area contributed by atoms with Crippen molar-refractivity contribution in [1.82, 2.24) is 0 Å². The van der Waals surface area contributed by atoms with Gasteiger partial charge in [-0.15, -0.1) is 0 Å². The average Bonchev–Trinajstić information content (AvgIpc) is 1.83. The van der Waals surface area contributed by atoms with E-state index in [9.17, 15) is 9.59 Å². The van der Waals surface area contributed by atoms with Crippen LogP contribution in [0.25, 0.3) is 0 Å². The summed E-state index contributed by atoms with van der Waals surface area (Å²) in [6, 6.07) is 0. The van der Waals surface area contributed by atoms with E-state index in [2.05, 4.69) is 4.74 Å². The van der Waals surface area contributed by atoms with E-state index in [1.807, 2.05) is 0 Å². The van der Waals surface area contributed by atoms with Crippen molar-refractivity contribution in [2.45, 2.75) is 18.9 Å². The van der Waals surface area contributed by atoms with Crippen LogP contribution in [0.3, 0.4) is 0 Å². The summed E-state index contributed by atoms with van der Waals surface area (Å²) in [5.41, 5.74) is 0.